The van der Waals surface area contributed by atoms with Crippen LogP contribution in [0.5, 0.6) is 0 Å². The van der Waals surface area contributed by atoms with E-state index in [-0.39, 0.29) is 25.7 Å². The summed E-state index contributed by atoms with van der Waals surface area (Å²) in [6.45, 7) is 14.0. The standard InChI is InChI=1S/C69H134O17P2/c1-9-61(7)47-39-31-21-17-15-13-11-12-14-16-18-24-35-43-51-68(73)85-64(55-79-66(71)49-41-33-23-20-19-22-32-40-48-62(8)10-2)57-83-87(75,76)81-53-63(70)54-82-88(77,78)84-58-65(86-69(74)52-44-36-28-26-30-38-46-60(5)6)56-80-67(72)50-42-34-27-25-29-37-45-59(3)4/h59-65,70H,9-58H2,1-8H3,(H,75,76)(H,77,78)/t61?,62?,63-,64-,65-/m1/s1. The molecule has 0 amide bonds. The van der Waals surface area contributed by atoms with Crippen LogP contribution in [0, 0.1) is 23.7 Å². The maximum absolute atomic E-state index is 13.0. The van der Waals surface area contributed by atoms with E-state index in [1.54, 1.807) is 0 Å². The number of carbonyl (C=O) groups is 4. The van der Waals surface area contributed by atoms with Crippen molar-refractivity contribution in [1.82, 2.24) is 0 Å². The van der Waals surface area contributed by atoms with Crippen LogP contribution in [-0.4, -0.2) is 96.7 Å². The summed E-state index contributed by atoms with van der Waals surface area (Å²) in [5.41, 5.74) is 0. The van der Waals surface area contributed by atoms with Crippen LogP contribution < -0.4 is 0 Å². The molecule has 4 unspecified atom stereocenters. The van der Waals surface area contributed by atoms with Crippen LogP contribution in [0.15, 0.2) is 0 Å². The number of aliphatic hydroxyl groups is 1. The Morgan fingerprint density at radius 1 is 0.318 bits per heavy atom. The average Bonchev–Trinajstić information content (AvgIpc) is 3.62. The zero-order valence-electron chi connectivity index (χ0n) is 57.3. The SMILES string of the molecule is CCC(C)CCCCCCCCCCCCCCCCC(=O)O[C@H](COC(=O)CCCCCCCCCCC(C)CC)COP(=O)(O)OC[C@@H](O)COP(=O)(O)OC[C@@H](COC(=O)CCCCCCCCC(C)C)OC(=O)CCCCCCCCC(C)C. The summed E-state index contributed by atoms with van der Waals surface area (Å²) in [6, 6.07) is 0. The molecule has 522 valence electrons. The third kappa shape index (κ3) is 60.3. The number of esters is 4. The highest BCUT2D eigenvalue weighted by molar-refractivity contribution is 7.47. The molecule has 0 aliphatic heterocycles. The molecule has 17 nitrogen and oxygen atoms in total. The first-order chi connectivity index (χ1) is 42.2. The number of phosphoric ester groups is 2. The van der Waals surface area contributed by atoms with Crippen LogP contribution in [0.3, 0.4) is 0 Å². The zero-order chi connectivity index (χ0) is 65.4. The van der Waals surface area contributed by atoms with Gasteiger partial charge < -0.3 is 33.8 Å². The lowest BCUT2D eigenvalue weighted by Gasteiger charge is -2.21. The molecule has 7 atom stereocenters. The Morgan fingerprint density at radius 2 is 0.545 bits per heavy atom. The molecule has 0 aromatic carbocycles. The lowest BCUT2D eigenvalue weighted by molar-refractivity contribution is -0.161. The minimum atomic E-state index is -4.95. The summed E-state index contributed by atoms with van der Waals surface area (Å²) in [7, 11) is -9.90. The molecule has 19 heteroatoms. The molecule has 0 aliphatic rings. The van der Waals surface area contributed by atoms with Gasteiger partial charge in [-0.25, -0.2) is 9.13 Å². The van der Waals surface area contributed by atoms with E-state index in [1.807, 2.05) is 0 Å². The molecule has 0 fully saturated rings. The Balaban J connectivity index is 5.22. The summed E-state index contributed by atoms with van der Waals surface area (Å²) >= 11 is 0. The van der Waals surface area contributed by atoms with Gasteiger partial charge in [-0.05, 0) is 49.4 Å². The van der Waals surface area contributed by atoms with E-state index in [0.717, 1.165) is 108 Å². The van der Waals surface area contributed by atoms with Gasteiger partial charge in [0.25, 0.3) is 0 Å². The van der Waals surface area contributed by atoms with Gasteiger partial charge in [0.1, 0.15) is 19.3 Å². The van der Waals surface area contributed by atoms with Gasteiger partial charge in [0.05, 0.1) is 26.4 Å². The van der Waals surface area contributed by atoms with Gasteiger partial charge in [-0.3, -0.25) is 37.3 Å². The molecule has 0 radical (unpaired) electrons. The molecule has 0 spiro atoms. The highest BCUT2D eigenvalue weighted by atomic mass is 31.2. The predicted octanol–water partition coefficient (Wildman–Crippen LogP) is 19.3. The third-order valence-corrected chi connectivity index (χ3v) is 18.4. The van der Waals surface area contributed by atoms with Crippen LogP contribution in [0.4, 0.5) is 0 Å². The van der Waals surface area contributed by atoms with Crippen LogP contribution >= 0.6 is 15.6 Å². The highest BCUT2D eigenvalue weighted by Gasteiger charge is 2.30. The van der Waals surface area contributed by atoms with Gasteiger partial charge in [0.15, 0.2) is 12.2 Å². The van der Waals surface area contributed by atoms with E-state index >= 15 is 0 Å². The highest BCUT2D eigenvalue weighted by Crippen LogP contribution is 2.45. The normalized spacial score (nSPS) is 14.9. The van der Waals surface area contributed by atoms with Gasteiger partial charge in [0, 0.05) is 25.7 Å². The topological polar surface area (TPSA) is 237 Å². The van der Waals surface area contributed by atoms with Crippen molar-refractivity contribution in [3.63, 3.8) is 0 Å². The first kappa shape index (κ1) is 86.1. The van der Waals surface area contributed by atoms with Crippen molar-refractivity contribution in [2.45, 2.75) is 356 Å². The smallest absolute Gasteiger partial charge is 0.462 e. The summed E-state index contributed by atoms with van der Waals surface area (Å²) in [5, 5.41) is 10.6. The summed E-state index contributed by atoms with van der Waals surface area (Å²) in [4.78, 5) is 72.4. The average molecular weight is 1300 g/mol. The Kier molecular flexibility index (Phi) is 57.6. The van der Waals surface area contributed by atoms with E-state index in [2.05, 4.69) is 55.4 Å². The van der Waals surface area contributed by atoms with E-state index < -0.39 is 97.5 Å². The molecule has 0 aliphatic carbocycles. The van der Waals surface area contributed by atoms with Crippen LogP contribution in [0.1, 0.15) is 338 Å². The molecular weight excluding hydrogens is 1160 g/mol. The molecule has 0 aromatic rings. The number of aliphatic hydroxyl groups excluding tert-OH is 1. The fraction of sp³-hybridized carbons (Fsp3) is 0.942. The molecule has 88 heavy (non-hydrogen) atoms. The molecule has 3 N–H and O–H groups in total. The number of unbranched alkanes of at least 4 members (excludes halogenated alkanes) is 30. The van der Waals surface area contributed by atoms with Crippen molar-refractivity contribution in [3.8, 4) is 0 Å². The van der Waals surface area contributed by atoms with Gasteiger partial charge in [-0.15, -0.1) is 0 Å². The summed E-state index contributed by atoms with van der Waals surface area (Å²) in [5.74, 6) is 0.835. The molecule has 0 aromatic heterocycles. The quantitative estimate of drug-likeness (QED) is 0.0222. The van der Waals surface area contributed by atoms with E-state index in [1.165, 1.54) is 135 Å². The van der Waals surface area contributed by atoms with Gasteiger partial charge >= 0.3 is 39.5 Å². The summed E-state index contributed by atoms with van der Waals surface area (Å²) in [6.07, 6.45) is 40.6. The fourth-order valence-corrected chi connectivity index (χ4v) is 11.8. The number of hydrogen-bond acceptors (Lipinski definition) is 15. The minimum absolute atomic E-state index is 0.101. The molecule has 0 heterocycles. The van der Waals surface area contributed by atoms with Crippen LogP contribution in [0.2, 0.25) is 0 Å². The van der Waals surface area contributed by atoms with Crippen molar-refractivity contribution in [2.24, 2.45) is 23.7 Å². The Bertz CT molecular complexity index is 1750. The second-order valence-electron chi connectivity index (χ2n) is 26.4. The largest absolute Gasteiger partial charge is 0.472 e. The monoisotopic (exact) mass is 1300 g/mol. The Morgan fingerprint density at radius 3 is 0.807 bits per heavy atom. The molecule has 0 saturated heterocycles. The van der Waals surface area contributed by atoms with Crippen molar-refractivity contribution < 1.29 is 80.2 Å². The Hall–Kier alpha value is -1.94. The summed E-state index contributed by atoms with van der Waals surface area (Å²) < 4.78 is 68.1. The van der Waals surface area contributed by atoms with E-state index in [4.69, 9.17) is 37.0 Å². The lowest BCUT2D eigenvalue weighted by Crippen LogP contribution is -2.30. The zero-order valence-corrected chi connectivity index (χ0v) is 59.1. The van der Waals surface area contributed by atoms with Crippen molar-refractivity contribution in [2.75, 3.05) is 39.6 Å². The Labute approximate surface area is 537 Å². The van der Waals surface area contributed by atoms with Crippen molar-refractivity contribution in [3.05, 3.63) is 0 Å². The van der Waals surface area contributed by atoms with Crippen molar-refractivity contribution >= 4 is 39.5 Å². The van der Waals surface area contributed by atoms with Gasteiger partial charge in [-0.2, -0.15) is 0 Å². The second kappa shape index (κ2) is 58.8. The van der Waals surface area contributed by atoms with Gasteiger partial charge in [-0.1, -0.05) is 287 Å². The molecule has 0 saturated carbocycles. The van der Waals surface area contributed by atoms with Crippen LogP contribution in [0.25, 0.3) is 0 Å². The number of rotatable bonds is 66. The number of phosphoric acid groups is 2. The van der Waals surface area contributed by atoms with Crippen LogP contribution in [-0.2, 0) is 65.4 Å². The molecule has 0 rings (SSSR count). The molecular formula is C69H134O17P2. The maximum atomic E-state index is 13.0. The third-order valence-electron chi connectivity index (χ3n) is 16.5. The second-order valence-corrected chi connectivity index (χ2v) is 29.3. The first-order valence-corrected chi connectivity index (χ1v) is 38.8. The number of carbonyl (C=O) groups excluding carboxylic acids is 4. The fourth-order valence-electron chi connectivity index (χ4n) is 10.2. The minimum Gasteiger partial charge on any atom is -0.462 e. The van der Waals surface area contributed by atoms with Gasteiger partial charge in [0.2, 0.25) is 0 Å². The number of hydrogen-bond donors (Lipinski definition) is 3. The lowest BCUT2D eigenvalue weighted by atomic mass is 9.99. The van der Waals surface area contributed by atoms with E-state index in [0.29, 0.717) is 37.5 Å². The van der Waals surface area contributed by atoms with E-state index in [9.17, 15) is 43.2 Å². The predicted molar refractivity (Wildman–Crippen MR) is 354 cm³/mol. The number of ether oxygens (including phenoxy) is 4. The molecule has 0 bridgehead atoms. The van der Waals surface area contributed by atoms with Crippen molar-refractivity contribution in [1.29, 1.82) is 0 Å². The maximum Gasteiger partial charge on any atom is 0.472 e. The first-order valence-electron chi connectivity index (χ1n) is 35.8.